The molecule has 1 aliphatic rings. The van der Waals surface area contributed by atoms with Gasteiger partial charge in [0.15, 0.2) is 0 Å². The molecule has 6 heteroatoms. The average molecular weight is 362 g/mol. The number of nitriles is 1. The summed E-state index contributed by atoms with van der Waals surface area (Å²) >= 11 is 0. The first-order valence-corrected chi connectivity index (χ1v) is 9.02. The summed E-state index contributed by atoms with van der Waals surface area (Å²) in [5.74, 6) is 0.457. The third-order valence-corrected chi connectivity index (χ3v) is 3.95. The maximum atomic E-state index is 9.01. The van der Waals surface area contributed by atoms with Crippen LogP contribution in [0, 0.1) is 11.5 Å². The minimum absolute atomic E-state index is 0.457. The standard InChI is InChI=1S/C21H26N6/c1-3-14-27(17-23-2)15-8-13-24-21(25-16-22)26-20-12-7-10-18-9-5-4-6-11-19(18)20/h3-7,10-12,14,17H,8-9,13,15H2,1-2H3,(H2,24,25,26)/b14-3+,23-17-. The molecule has 1 aliphatic carbocycles. The van der Waals surface area contributed by atoms with Crippen LogP contribution in [0.25, 0.3) is 6.08 Å². The summed E-state index contributed by atoms with van der Waals surface area (Å²) < 4.78 is 0. The summed E-state index contributed by atoms with van der Waals surface area (Å²) in [6.45, 7) is 3.48. The quantitative estimate of drug-likeness (QED) is 0.337. The van der Waals surface area contributed by atoms with E-state index in [2.05, 4.69) is 38.8 Å². The Hall–Kier alpha value is -3.33. The maximum absolute atomic E-state index is 9.01. The minimum atomic E-state index is 0.457. The first-order chi connectivity index (χ1) is 13.3. The SMILES string of the molecule is C/C=C/N(/C=N\C)CCCN/C(=N\C#N)Nc1cccc2c1C=CC=CC2. The number of hydrogen-bond acceptors (Lipinski definition) is 3. The number of aliphatic imine (C=N–C) groups is 2. The maximum Gasteiger partial charge on any atom is 0.211 e. The van der Waals surface area contributed by atoms with Gasteiger partial charge in [-0.25, -0.2) is 0 Å². The Bertz CT molecular complexity index is 783. The summed E-state index contributed by atoms with van der Waals surface area (Å²) in [7, 11) is 1.75. The molecule has 0 heterocycles. The number of allylic oxidation sites excluding steroid dienone is 4. The van der Waals surface area contributed by atoms with Crippen LogP contribution in [0.5, 0.6) is 0 Å². The van der Waals surface area contributed by atoms with Crippen LogP contribution in [-0.2, 0) is 6.42 Å². The number of nitrogens with zero attached hydrogens (tertiary/aromatic N) is 4. The van der Waals surface area contributed by atoms with E-state index in [9.17, 15) is 0 Å². The monoisotopic (exact) mass is 362 g/mol. The predicted octanol–water partition coefficient (Wildman–Crippen LogP) is 3.53. The lowest BCUT2D eigenvalue weighted by Crippen LogP contribution is -2.33. The Kier molecular flexibility index (Phi) is 8.38. The summed E-state index contributed by atoms with van der Waals surface area (Å²) in [5, 5.41) is 15.5. The molecule has 27 heavy (non-hydrogen) atoms. The molecule has 0 fully saturated rings. The van der Waals surface area contributed by atoms with Gasteiger partial charge in [-0.2, -0.15) is 5.26 Å². The fourth-order valence-corrected chi connectivity index (χ4v) is 2.79. The molecular weight excluding hydrogens is 336 g/mol. The molecule has 0 aromatic heterocycles. The molecule has 2 rings (SSSR count). The van der Waals surface area contributed by atoms with Crippen LogP contribution < -0.4 is 10.6 Å². The van der Waals surface area contributed by atoms with Crippen LogP contribution in [-0.4, -0.2) is 37.3 Å². The van der Waals surface area contributed by atoms with Crippen LogP contribution in [0.2, 0.25) is 0 Å². The van der Waals surface area contributed by atoms with E-state index in [0.29, 0.717) is 12.5 Å². The van der Waals surface area contributed by atoms with Gasteiger partial charge in [-0.05, 0) is 31.4 Å². The summed E-state index contributed by atoms with van der Waals surface area (Å²) in [4.78, 5) is 9.95. The third-order valence-electron chi connectivity index (χ3n) is 3.95. The molecule has 1 aromatic rings. The largest absolute Gasteiger partial charge is 0.355 e. The number of rotatable bonds is 7. The second-order valence-electron chi connectivity index (χ2n) is 5.93. The highest BCUT2D eigenvalue weighted by Gasteiger charge is 2.08. The molecule has 0 saturated heterocycles. The molecule has 0 spiro atoms. The molecule has 2 N–H and O–H groups in total. The zero-order valence-corrected chi connectivity index (χ0v) is 15.9. The van der Waals surface area contributed by atoms with Gasteiger partial charge in [-0.3, -0.25) is 4.99 Å². The van der Waals surface area contributed by atoms with Crippen molar-refractivity contribution in [3.8, 4) is 6.19 Å². The Labute approximate surface area is 161 Å². The highest BCUT2D eigenvalue weighted by Crippen LogP contribution is 2.24. The van der Waals surface area contributed by atoms with Crippen molar-refractivity contribution in [2.45, 2.75) is 19.8 Å². The number of hydrogen-bond donors (Lipinski definition) is 2. The fourth-order valence-electron chi connectivity index (χ4n) is 2.79. The Morgan fingerprint density at radius 1 is 1.37 bits per heavy atom. The molecule has 1 aromatic carbocycles. The number of fused-ring (bicyclic) bond motifs is 1. The topological polar surface area (TPSA) is 75.8 Å². The molecule has 0 atom stereocenters. The minimum Gasteiger partial charge on any atom is -0.355 e. The van der Waals surface area contributed by atoms with Gasteiger partial charge < -0.3 is 15.5 Å². The van der Waals surface area contributed by atoms with Gasteiger partial charge in [0.25, 0.3) is 0 Å². The zero-order chi connectivity index (χ0) is 19.3. The number of anilines is 1. The number of benzene rings is 1. The smallest absolute Gasteiger partial charge is 0.211 e. The molecule has 0 radical (unpaired) electrons. The van der Waals surface area contributed by atoms with Gasteiger partial charge in [-0.15, -0.1) is 4.99 Å². The molecule has 0 amide bonds. The van der Waals surface area contributed by atoms with Gasteiger partial charge in [0.2, 0.25) is 12.2 Å². The van der Waals surface area contributed by atoms with Crippen molar-refractivity contribution in [3.63, 3.8) is 0 Å². The first kappa shape index (κ1) is 20.0. The fraction of sp³-hybridized carbons (Fsp3) is 0.286. The molecule has 0 saturated carbocycles. The Morgan fingerprint density at radius 3 is 3.04 bits per heavy atom. The normalized spacial score (nSPS) is 13.4. The van der Waals surface area contributed by atoms with Crippen LogP contribution in [0.15, 0.2) is 58.7 Å². The molecule has 0 unspecified atom stereocenters. The second kappa shape index (κ2) is 11.3. The summed E-state index contributed by atoms with van der Waals surface area (Å²) in [5.41, 5.74) is 3.29. The van der Waals surface area contributed by atoms with Gasteiger partial charge >= 0.3 is 0 Å². The summed E-state index contributed by atoms with van der Waals surface area (Å²) in [6.07, 6.45) is 17.6. The molecule has 0 bridgehead atoms. The van der Waals surface area contributed by atoms with E-state index in [1.807, 2.05) is 54.6 Å². The molecular formula is C21H26N6. The third kappa shape index (κ3) is 6.48. The number of nitrogens with one attached hydrogen (secondary N) is 2. The van der Waals surface area contributed by atoms with Crippen LogP contribution >= 0.6 is 0 Å². The van der Waals surface area contributed by atoms with E-state index < -0.39 is 0 Å². The lowest BCUT2D eigenvalue weighted by atomic mass is 10.0. The number of guanidine groups is 1. The van der Waals surface area contributed by atoms with Crippen molar-refractivity contribution < 1.29 is 0 Å². The molecule has 6 nitrogen and oxygen atoms in total. The highest BCUT2D eigenvalue weighted by atomic mass is 15.2. The van der Waals surface area contributed by atoms with E-state index in [1.54, 1.807) is 13.4 Å². The Balaban J connectivity index is 1.97. The second-order valence-corrected chi connectivity index (χ2v) is 5.93. The lowest BCUT2D eigenvalue weighted by molar-refractivity contribution is 0.540. The van der Waals surface area contributed by atoms with Crippen LogP contribution in [0.3, 0.4) is 0 Å². The van der Waals surface area contributed by atoms with E-state index in [0.717, 1.165) is 30.6 Å². The Morgan fingerprint density at radius 2 is 2.26 bits per heavy atom. The van der Waals surface area contributed by atoms with Gasteiger partial charge in [0, 0.05) is 37.6 Å². The van der Waals surface area contributed by atoms with Crippen molar-refractivity contribution in [1.29, 1.82) is 5.26 Å². The highest BCUT2D eigenvalue weighted by molar-refractivity contribution is 5.96. The van der Waals surface area contributed by atoms with Crippen molar-refractivity contribution >= 4 is 24.1 Å². The first-order valence-electron chi connectivity index (χ1n) is 9.02. The predicted molar refractivity (Wildman–Crippen MR) is 114 cm³/mol. The van der Waals surface area contributed by atoms with Gasteiger partial charge in [0.1, 0.15) is 0 Å². The van der Waals surface area contributed by atoms with Crippen molar-refractivity contribution in [1.82, 2.24) is 10.2 Å². The van der Waals surface area contributed by atoms with E-state index >= 15 is 0 Å². The van der Waals surface area contributed by atoms with E-state index in [4.69, 9.17) is 5.26 Å². The molecule has 140 valence electrons. The van der Waals surface area contributed by atoms with Crippen molar-refractivity contribution in [2.75, 3.05) is 25.5 Å². The van der Waals surface area contributed by atoms with Crippen LogP contribution in [0.1, 0.15) is 24.5 Å². The van der Waals surface area contributed by atoms with E-state index in [-0.39, 0.29) is 0 Å². The molecule has 0 aliphatic heterocycles. The zero-order valence-electron chi connectivity index (χ0n) is 15.9. The average Bonchev–Trinajstić information content (AvgIpc) is 2.92. The van der Waals surface area contributed by atoms with Gasteiger partial charge in [-0.1, -0.05) is 42.5 Å². The lowest BCUT2D eigenvalue weighted by Gasteiger charge is -2.17. The van der Waals surface area contributed by atoms with Crippen LogP contribution in [0.4, 0.5) is 5.69 Å². The summed E-state index contributed by atoms with van der Waals surface area (Å²) in [6, 6.07) is 6.12. The van der Waals surface area contributed by atoms with Crippen molar-refractivity contribution in [2.24, 2.45) is 9.98 Å². The van der Waals surface area contributed by atoms with Gasteiger partial charge in [0.05, 0.1) is 6.34 Å². The van der Waals surface area contributed by atoms with E-state index in [1.165, 1.54) is 5.56 Å². The van der Waals surface area contributed by atoms with Crippen molar-refractivity contribution in [3.05, 3.63) is 59.8 Å².